The van der Waals surface area contributed by atoms with Crippen molar-refractivity contribution in [3.8, 4) is 0 Å². The number of fused-ring (bicyclic) bond motifs is 2. The van der Waals surface area contributed by atoms with E-state index in [4.69, 9.17) is 0 Å². The van der Waals surface area contributed by atoms with Gasteiger partial charge in [-0.2, -0.15) is 0 Å². The summed E-state index contributed by atoms with van der Waals surface area (Å²) in [6.07, 6.45) is 9.19. The van der Waals surface area contributed by atoms with Crippen LogP contribution in [0, 0.1) is 11.8 Å². The molecule has 0 aromatic rings. The van der Waals surface area contributed by atoms with Gasteiger partial charge in [0.05, 0.1) is 0 Å². The summed E-state index contributed by atoms with van der Waals surface area (Å²) in [5.41, 5.74) is 0. The van der Waals surface area contributed by atoms with E-state index < -0.39 is 0 Å². The smallest absolute Gasteiger partial charge is 0.317 e. The van der Waals surface area contributed by atoms with E-state index in [1.807, 2.05) is 11.9 Å². The zero-order valence-corrected chi connectivity index (χ0v) is 10.3. The van der Waals surface area contributed by atoms with Gasteiger partial charge in [-0.3, -0.25) is 0 Å². The first-order valence-corrected chi connectivity index (χ1v) is 6.41. The molecular weight excluding hydrogens is 200 g/mol. The fourth-order valence-corrected chi connectivity index (χ4v) is 2.84. The van der Waals surface area contributed by atoms with Crippen LogP contribution in [0.1, 0.15) is 32.6 Å². The third kappa shape index (κ3) is 2.23. The van der Waals surface area contributed by atoms with Crippen LogP contribution in [0.25, 0.3) is 0 Å². The van der Waals surface area contributed by atoms with Gasteiger partial charge in [0.2, 0.25) is 0 Å². The summed E-state index contributed by atoms with van der Waals surface area (Å²) >= 11 is 0. The molecule has 1 fully saturated rings. The summed E-state index contributed by atoms with van der Waals surface area (Å²) in [5.74, 6) is 1.33. The molecule has 0 aromatic carbocycles. The van der Waals surface area contributed by atoms with Crippen LogP contribution in [0.4, 0.5) is 4.79 Å². The predicted molar refractivity (Wildman–Crippen MR) is 65.2 cm³/mol. The Morgan fingerprint density at radius 1 is 1.44 bits per heavy atom. The number of amides is 2. The number of nitrogens with zero attached hydrogens (tertiary/aromatic N) is 1. The second-order valence-electron chi connectivity index (χ2n) is 5.04. The highest BCUT2D eigenvalue weighted by Gasteiger charge is 2.39. The van der Waals surface area contributed by atoms with E-state index in [1.165, 1.54) is 6.42 Å². The highest BCUT2D eigenvalue weighted by Crippen LogP contribution is 2.41. The lowest BCUT2D eigenvalue weighted by Crippen LogP contribution is -2.45. The van der Waals surface area contributed by atoms with E-state index in [1.54, 1.807) is 0 Å². The van der Waals surface area contributed by atoms with Crippen molar-refractivity contribution in [1.82, 2.24) is 10.2 Å². The van der Waals surface area contributed by atoms with Crippen LogP contribution >= 0.6 is 0 Å². The van der Waals surface area contributed by atoms with Crippen LogP contribution < -0.4 is 5.32 Å². The van der Waals surface area contributed by atoms with Crippen LogP contribution in [0.5, 0.6) is 0 Å². The molecule has 2 bridgehead atoms. The van der Waals surface area contributed by atoms with Crippen LogP contribution in [-0.2, 0) is 0 Å². The van der Waals surface area contributed by atoms with Crippen molar-refractivity contribution in [3.05, 3.63) is 12.2 Å². The number of carbonyl (C=O) groups excluding carboxylic acids is 1. The molecular formula is C13H22N2O. The number of hydrogen-bond acceptors (Lipinski definition) is 1. The molecule has 2 aliphatic carbocycles. The van der Waals surface area contributed by atoms with Crippen molar-refractivity contribution < 1.29 is 4.79 Å². The Morgan fingerprint density at radius 3 is 2.81 bits per heavy atom. The minimum atomic E-state index is 0.0967. The summed E-state index contributed by atoms with van der Waals surface area (Å²) in [5, 5.41) is 2.98. The third-order valence-electron chi connectivity index (χ3n) is 3.87. The van der Waals surface area contributed by atoms with Gasteiger partial charge in [0, 0.05) is 19.6 Å². The first-order valence-electron chi connectivity index (χ1n) is 6.41. The highest BCUT2D eigenvalue weighted by molar-refractivity contribution is 5.74. The summed E-state index contributed by atoms with van der Waals surface area (Å²) in [6.45, 7) is 2.94. The standard InChI is InChI=1S/C13H22N2O/c1-3-4-7-14-13(16)15(2)12-9-10-5-6-11(12)8-10/h5-6,10-12H,3-4,7-9H2,1-2H3,(H,14,16)/t10-,11-,12-/m0/s1. The second kappa shape index (κ2) is 4.89. The highest BCUT2D eigenvalue weighted by atomic mass is 16.2. The minimum absolute atomic E-state index is 0.0967. The maximum atomic E-state index is 11.9. The average Bonchev–Trinajstić information content (AvgIpc) is 2.90. The van der Waals surface area contributed by atoms with Crippen molar-refractivity contribution in [3.63, 3.8) is 0 Å². The van der Waals surface area contributed by atoms with E-state index in [9.17, 15) is 4.79 Å². The zero-order valence-electron chi connectivity index (χ0n) is 10.3. The molecule has 2 amide bonds. The van der Waals surface area contributed by atoms with Crippen LogP contribution in [0.3, 0.4) is 0 Å². The lowest BCUT2D eigenvalue weighted by molar-refractivity contribution is 0.181. The maximum Gasteiger partial charge on any atom is 0.317 e. The number of carbonyl (C=O) groups is 1. The number of hydrogen-bond donors (Lipinski definition) is 1. The number of allylic oxidation sites excluding steroid dienone is 1. The van der Waals surface area contributed by atoms with Crippen molar-refractivity contribution in [2.24, 2.45) is 11.8 Å². The van der Waals surface area contributed by atoms with Crippen molar-refractivity contribution in [2.75, 3.05) is 13.6 Å². The van der Waals surface area contributed by atoms with Gasteiger partial charge in [-0.1, -0.05) is 25.5 Å². The number of nitrogens with one attached hydrogen (secondary N) is 1. The van der Waals surface area contributed by atoms with Gasteiger partial charge in [0.25, 0.3) is 0 Å². The van der Waals surface area contributed by atoms with Gasteiger partial charge < -0.3 is 10.2 Å². The van der Waals surface area contributed by atoms with E-state index in [0.717, 1.165) is 31.7 Å². The Balaban J connectivity index is 1.81. The van der Waals surface area contributed by atoms with Crippen LogP contribution in [0.15, 0.2) is 12.2 Å². The Hall–Kier alpha value is -0.990. The quantitative estimate of drug-likeness (QED) is 0.575. The van der Waals surface area contributed by atoms with Gasteiger partial charge in [-0.15, -0.1) is 0 Å². The number of rotatable bonds is 4. The Bertz CT molecular complexity index is 288. The average molecular weight is 222 g/mol. The van der Waals surface area contributed by atoms with Gasteiger partial charge in [-0.05, 0) is 31.1 Å². The predicted octanol–water partition coefficient (Wildman–Crippen LogP) is 2.39. The summed E-state index contributed by atoms with van der Waals surface area (Å²) in [7, 11) is 1.93. The molecule has 1 saturated carbocycles. The monoisotopic (exact) mass is 222 g/mol. The first-order chi connectivity index (χ1) is 7.72. The van der Waals surface area contributed by atoms with E-state index in [2.05, 4.69) is 24.4 Å². The lowest BCUT2D eigenvalue weighted by atomic mass is 10.0. The molecule has 0 spiro atoms. The van der Waals surface area contributed by atoms with Gasteiger partial charge in [0.15, 0.2) is 0 Å². The summed E-state index contributed by atoms with van der Waals surface area (Å²) < 4.78 is 0. The molecule has 0 aromatic heterocycles. The van der Waals surface area contributed by atoms with Gasteiger partial charge in [0.1, 0.15) is 0 Å². The SMILES string of the molecule is CCCCNC(=O)N(C)[C@H]1C[C@H]2C=C[C@H]1C2. The fraction of sp³-hybridized carbons (Fsp3) is 0.769. The minimum Gasteiger partial charge on any atom is -0.338 e. The number of urea groups is 1. The molecule has 3 nitrogen and oxygen atoms in total. The normalized spacial score (nSPS) is 30.8. The Kier molecular flexibility index (Phi) is 3.52. The second-order valence-corrected chi connectivity index (χ2v) is 5.04. The van der Waals surface area contributed by atoms with Crippen LogP contribution in [-0.4, -0.2) is 30.6 Å². The van der Waals surface area contributed by atoms with Crippen molar-refractivity contribution in [2.45, 2.75) is 38.6 Å². The molecule has 3 heteroatoms. The topological polar surface area (TPSA) is 32.3 Å². The summed E-state index contributed by atoms with van der Waals surface area (Å²) in [6, 6.07) is 0.524. The third-order valence-corrected chi connectivity index (χ3v) is 3.87. The molecule has 16 heavy (non-hydrogen) atoms. The molecule has 2 aliphatic rings. The molecule has 0 saturated heterocycles. The lowest BCUT2D eigenvalue weighted by Gasteiger charge is -2.29. The molecule has 0 radical (unpaired) electrons. The molecule has 0 aliphatic heterocycles. The maximum absolute atomic E-state index is 11.9. The molecule has 90 valence electrons. The van der Waals surface area contributed by atoms with Crippen molar-refractivity contribution >= 4 is 6.03 Å². The molecule has 2 rings (SSSR count). The Labute approximate surface area is 97.9 Å². The number of unbranched alkanes of at least 4 members (excludes halogenated alkanes) is 1. The molecule has 1 N–H and O–H groups in total. The van der Waals surface area contributed by atoms with Crippen LogP contribution in [0.2, 0.25) is 0 Å². The van der Waals surface area contributed by atoms with E-state index in [0.29, 0.717) is 12.0 Å². The zero-order chi connectivity index (χ0) is 11.5. The fourth-order valence-electron chi connectivity index (χ4n) is 2.84. The molecule has 0 unspecified atom stereocenters. The largest absolute Gasteiger partial charge is 0.338 e. The summed E-state index contributed by atoms with van der Waals surface area (Å²) in [4.78, 5) is 13.8. The molecule has 3 atom stereocenters. The first kappa shape index (κ1) is 11.5. The van der Waals surface area contributed by atoms with Gasteiger partial charge in [-0.25, -0.2) is 4.79 Å². The molecule has 0 heterocycles. The van der Waals surface area contributed by atoms with E-state index in [-0.39, 0.29) is 6.03 Å². The van der Waals surface area contributed by atoms with Crippen molar-refractivity contribution in [1.29, 1.82) is 0 Å². The van der Waals surface area contributed by atoms with Gasteiger partial charge >= 0.3 is 6.03 Å². The Morgan fingerprint density at radius 2 is 2.25 bits per heavy atom. The van der Waals surface area contributed by atoms with E-state index >= 15 is 0 Å².